The van der Waals surface area contributed by atoms with E-state index in [2.05, 4.69) is 33.6 Å². The number of rotatable bonds is 4. The summed E-state index contributed by atoms with van der Waals surface area (Å²) in [4.78, 5) is 16.8. The van der Waals surface area contributed by atoms with Crippen molar-refractivity contribution in [2.75, 3.05) is 37.8 Å². The number of nitrogens with two attached hydrogens (primary N) is 1. The van der Waals surface area contributed by atoms with Gasteiger partial charge in [0.15, 0.2) is 5.82 Å². The fourth-order valence-electron chi connectivity index (χ4n) is 2.56. The molecule has 1 unspecified atom stereocenters. The molecule has 7 heteroatoms. The van der Waals surface area contributed by atoms with Gasteiger partial charge in [0.05, 0.1) is 0 Å². The Morgan fingerprint density at radius 1 is 1.45 bits per heavy atom. The lowest BCUT2D eigenvalue weighted by atomic mass is 10.2. The SMILES string of the molecule is CN(C)C1CCN(c2snc(N)c2C(=O)NC2CC2)C1. The first kappa shape index (κ1) is 13.6. The van der Waals surface area contributed by atoms with Gasteiger partial charge in [0.25, 0.3) is 5.91 Å². The molecule has 3 N–H and O–H groups in total. The van der Waals surface area contributed by atoms with E-state index in [9.17, 15) is 4.79 Å². The van der Waals surface area contributed by atoms with Gasteiger partial charge in [0.2, 0.25) is 0 Å². The monoisotopic (exact) mass is 295 g/mol. The largest absolute Gasteiger partial charge is 0.382 e. The summed E-state index contributed by atoms with van der Waals surface area (Å²) in [6, 6.07) is 0.861. The normalized spacial score (nSPS) is 22.6. The molecule has 1 aromatic rings. The molecule has 2 fully saturated rings. The van der Waals surface area contributed by atoms with E-state index in [0.717, 1.165) is 37.4 Å². The van der Waals surface area contributed by atoms with Gasteiger partial charge < -0.3 is 20.9 Å². The standard InChI is InChI=1S/C13H21N5OS/c1-17(2)9-5-6-18(7-9)13-10(11(14)16-20-13)12(19)15-8-3-4-8/h8-9H,3-7H2,1-2H3,(H2,14,16)(H,15,19). The van der Waals surface area contributed by atoms with Crippen molar-refractivity contribution in [1.29, 1.82) is 0 Å². The summed E-state index contributed by atoms with van der Waals surface area (Å²) in [6.07, 6.45) is 3.25. The maximum atomic E-state index is 12.3. The van der Waals surface area contributed by atoms with Gasteiger partial charge in [-0.2, -0.15) is 4.37 Å². The predicted octanol–water partition coefficient (Wildman–Crippen LogP) is 0.758. The molecule has 1 saturated heterocycles. The molecule has 1 saturated carbocycles. The Bertz CT molecular complexity index is 511. The molecule has 1 atom stereocenters. The van der Waals surface area contributed by atoms with Crippen LogP contribution in [0.5, 0.6) is 0 Å². The number of hydrogen-bond acceptors (Lipinski definition) is 6. The van der Waals surface area contributed by atoms with Crippen LogP contribution in [0.4, 0.5) is 10.8 Å². The molecule has 2 heterocycles. The van der Waals surface area contributed by atoms with E-state index in [1.807, 2.05) is 0 Å². The van der Waals surface area contributed by atoms with E-state index in [1.165, 1.54) is 11.5 Å². The minimum absolute atomic E-state index is 0.0675. The molecule has 0 radical (unpaired) electrons. The number of aromatic nitrogens is 1. The molecule has 1 aromatic heterocycles. The van der Waals surface area contributed by atoms with Crippen LogP contribution < -0.4 is 16.0 Å². The first-order valence-electron chi connectivity index (χ1n) is 7.03. The van der Waals surface area contributed by atoms with Crippen molar-refractivity contribution in [2.24, 2.45) is 0 Å². The molecule has 20 heavy (non-hydrogen) atoms. The summed E-state index contributed by atoms with van der Waals surface area (Å²) in [5, 5.41) is 3.93. The van der Waals surface area contributed by atoms with Crippen LogP contribution >= 0.6 is 11.5 Å². The van der Waals surface area contributed by atoms with Gasteiger partial charge in [-0.1, -0.05) is 0 Å². The van der Waals surface area contributed by atoms with Gasteiger partial charge in [-0.15, -0.1) is 0 Å². The highest BCUT2D eigenvalue weighted by Crippen LogP contribution is 2.34. The zero-order valence-electron chi connectivity index (χ0n) is 11.9. The van der Waals surface area contributed by atoms with Crippen molar-refractivity contribution >= 4 is 28.3 Å². The number of carbonyl (C=O) groups is 1. The number of amides is 1. The first-order chi connectivity index (χ1) is 9.56. The molecule has 3 rings (SSSR count). The molecular weight excluding hydrogens is 274 g/mol. The number of hydrogen-bond donors (Lipinski definition) is 2. The molecule has 1 amide bonds. The number of likely N-dealkylation sites (N-methyl/N-ethyl adjacent to an activating group) is 1. The van der Waals surface area contributed by atoms with Crippen molar-refractivity contribution in [2.45, 2.75) is 31.3 Å². The van der Waals surface area contributed by atoms with Crippen LogP contribution in [-0.4, -0.2) is 54.4 Å². The molecule has 0 spiro atoms. The average Bonchev–Trinajstić information content (AvgIpc) is 2.92. The second-order valence-corrected chi connectivity index (χ2v) is 6.60. The summed E-state index contributed by atoms with van der Waals surface area (Å²) in [7, 11) is 4.19. The lowest BCUT2D eigenvalue weighted by molar-refractivity contribution is 0.0952. The third-order valence-corrected chi connectivity index (χ3v) is 4.94. The Morgan fingerprint density at radius 3 is 2.80 bits per heavy atom. The van der Waals surface area contributed by atoms with E-state index in [0.29, 0.717) is 23.5 Å². The lowest BCUT2D eigenvalue weighted by Gasteiger charge is -2.21. The predicted molar refractivity (Wildman–Crippen MR) is 81.3 cm³/mol. The zero-order valence-corrected chi connectivity index (χ0v) is 12.7. The number of anilines is 2. The number of nitrogens with zero attached hydrogens (tertiary/aromatic N) is 3. The summed E-state index contributed by atoms with van der Waals surface area (Å²) in [5.74, 6) is 0.290. The lowest BCUT2D eigenvalue weighted by Crippen LogP contribution is -2.32. The van der Waals surface area contributed by atoms with Gasteiger partial charge in [0, 0.05) is 25.2 Å². The summed E-state index contributed by atoms with van der Waals surface area (Å²) in [6.45, 7) is 1.88. The summed E-state index contributed by atoms with van der Waals surface area (Å²) >= 11 is 1.33. The van der Waals surface area contributed by atoms with Crippen molar-refractivity contribution in [1.82, 2.24) is 14.6 Å². The van der Waals surface area contributed by atoms with Crippen molar-refractivity contribution in [3.63, 3.8) is 0 Å². The van der Waals surface area contributed by atoms with Crippen LogP contribution in [0.25, 0.3) is 0 Å². The molecule has 0 aromatic carbocycles. The third-order valence-electron chi connectivity index (χ3n) is 4.02. The van der Waals surface area contributed by atoms with E-state index in [-0.39, 0.29) is 5.91 Å². The van der Waals surface area contributed by atoms with Crippen LogP contribution in [0.2, 0.25) is 0 Å². The average molecular weight is 295 g/mol. The maximum Gasteiger partial charge on any atom is 0.258 e. The van der Waals surface area contributed by atoms with Crippen molar-refractivity contribution in [3.8, 4) is 0 Å². The highest BCUT2D eigenvalue weighted by atomic mass is 32.1. The van der Waals surface area contributed by atoms with Gasteiger partial charge in [-0.3, -0.25) is 4.79 Å². The van der Waals surface area contributed by atoms with Crippen LogP contribution in [0.1, 0.15) is 29.6 Å². The van der Waals surface area contributed by atoms with Crippen molar-refractivity contribution < 1.29 is 4.79 Å². The second-order valence-electron chi connectivity index (χ2n) is 5.85. The molecule has 110 valence electrons. The molecule has 1 aliphatic carbocycles. The Hall–Kier alpha value is -1.34. The fourth-order valence-corrected chi connectivity index (χ4v) is 3.40. The first-order valence-corrected chi connectivity index (χ1v) is 7.81. The fraction of sp³-hybridized carbons (Fsp3) is 0.692. The highest BCUT2D eigenvalue weighted by molar-refractivity contribution is 7.11. The minimum atomic E-state index is -0.0675. The number of nitrogens with one attached hydrogen (secondary N) is 1. The van der Waals surface area contributed by atoms with E-state index in [4.69, 9.17) is 5.73 Å². The molecule has 0 bridgehead atoms. The molecule has 1 aliphatic heterocycles. The Morgan fingerprint density at radius 2 is 2.20 bits per heavy atom. The van der Waals surface area contributed by atoms with Gasteiger partial charge in [0.1, 0.15) is 10.6 Å². The maximum absolute atomic E-state index is 12.3. The molecular formula is C13H21N5OS. The van der Waals surface area contributed by atoms with Gasteiger partial charge in [-0.25, -0.2) is 0 Å². The number of nitrogen functional groups attached to an aromatic ring is 1. The smallest absolute Gasteiger partial charge is 0.258 e. The van der Waals surface area contributed by atoms with E-state index in [1.54, 1.807) is 0 Å². The van der Waals surface area contributed by atoms with E-state index < -0.39 is 0 Å². The third kappa shape index (κ3) is 2.60. The van der Waals surface area contributed by atoms with Crippen LogP contribution in [0.15, 0.2) is 0 Å². The Balaban J connectivity index is 1.78. The van der Waals surface area contributed by atoms with Crippen LogP contribution in [0, 0.1) is 0 Å². The summed E-state index contributed by atoms with van der Waals surface area (Å²) < 4.78 is 4.18. The topological polar surface area (TPSA) is 74.5 Å². The van der Waals surface area contributed by atoms with Crippen molar-refractivity contribution in [3.05, 3.63) is 5.56 Å². The minimum Gasteiger partial charge on any atom is -0.382 e. The zero-order chi connectivity index (χ0) is 14.3. The quantitative estimate of drug-likeness (QED) is 0.858. The van der Waals surface area contributed by atoms with Crippen LogP contribution in [-0.2, 0) is 0 Å². The Labute approximate surface area is 123 Å². The van der Waals surface area contributed by atoms with Gasteiger partial charge >= 0.3 is 0 Å². The second kappa shape index (κ2) is 5.21. The molecule has 6 nitrogen and oxygen atoms in total. The van der Waals surface area contributed by atoms with Gasteiger partial charge in [-0.05, 0) is 44.9 Å². The van der Waals surface area contributed by atoms with Crippen LogP contribution in [0.3, 0.4) is 0 Å². The summed E-state index contributed by atoms with van der Waals surface area (Å²) in [5.41, 5.74) is 6.47. The number of carbonyl (C=O) groups excluding carboxylic acids is 1. The van der Waals surface area contributed by atoms with E-state index >= 15 is 0 Å². The molecule has 2 aliphatic rings. The Kier molecular flexibility index (Phi) is 3.55. The highest BCUT2D eigenvalue weighted by Gasteiger charge is 2.32.